The van der Waals surface area contributed by atoms with Gasteiger partial charge in [0.1, 0.15) is 11.9 Å². The van der Waals surface area contributed by atoms with Crippen molar-refractivity contribution in [2.75, 3.05) is 5.32 Å². The first-order valence-corrected chi connectivity index (χ1v) is 7.34. The van der Waals surface area contributed by atoms with Gasteiger partial charge in [-0.3, -0.25) is 15.1 Å². The minimum absolute atomic E-state index is 0.0276. The molecular formula is C13H18BrN3O2. The topological polar surface area (TPSA) is 68.1 Å². The summed E-state index contributed by atoms with van der Waals surface area (Å²) in [7, 11) is 0. The van der Waals surface area contributed by atoms with Gasteiger partial charge in [-0.1, -0.05) is 26.7 Å². The molecule has 0 saturated heterocycles. The molecule has 0 aromatic carbocycles. The zero-order chi connectivity index (χ0) is 14.0. The van der Waals surface area contributed by atoms with Crippen molar-refractivity contribution in [3.8, 4) is 0 Å². The van der Waals surface area contributed by atoms with Crippen molar-refractivity contribution < 1.29 is 4.92 Å². The summed E-state index contributed by atoms with van der Waals surface area (Å²) in [5.74, 6) is 1.15. The Hall–Kier alpha value is -1.17. The van der Waals surface area contributed by atoms with Gasteiger partial charge in [-0.2, -0.15) is 0 Å². The Morgan fingerprint density at radius 2 is 2.16 bits per heavy atom. The molecule has 1 aromatic heterocycles. The molecule has 1 aliphatic carbocycles. The third kappa shape index (κ3) is 3.05. The van der Waals surface area contributed by atoms with Crippen LogP contribution in [0, 0.1) is 22.0 Å². The fraction of sp³-hybridized carbons (Fsp3) is 0.615. The highest BCUT2D eigenvalue weighted by Crippen LogP contribution is 2.36. The lowest BCUT2D eigenvalue weighted by Crippen LogP contribution is -2.35. The maximum absolute atomic E-state index is 11.1. The van der Waals surface area contributed by atoms with Gasteiger partial charge in [0.15, 0.2) is 0 Å². The highest BCUT2D eigenvalue weighted by molar-refractivity contribution is 9.10. The summed E-state index contributed by atoms with van der Waals surface area (Å²) < 4.78 is 0.645. The second-order valence-corrected chi connectivity index (χ2v) is 6.15. The van der Waals surface area contributed by atoms with E-state index in [4.69, 9.17) is 0 Å². The normalized spacial score (nSPS) is 27.0. The monoisotopic (exact) mass is 327 g/mol. The molecule has 1 aromatic rings. The second-order valence-electron chi connectivity index (χ2n) is 5.29. The summed E-state index contributed by atoms with van der Waals surface area (Å²) in [6.45, 7) is 4.46. The number of nitrogens with one attached hydrogen (secondary N) is 1. The van der Waals surface area contributed by atoms with Crippen molar-refractivity contribution in [3.63, 3.8) is 0 Å². The van der Waals surface area contributed by atoms with Crippen molar-refractivity contribution in [2.24, 2.45) is 11.8 Å². The predicted molar refractivity (Wildman–Crippen MR) is 78.2 cm³/mol. The Balaban J connectivity index is 2.25. The molecule has 0 amide bonds. The summed E-state index contributed by atoms with van der Waals surface area (Å²) in [4.78, 5) is 14.5. The first-order valence-electron chi connectivity index (χ1n) is 6.55. The number of pyridine rings is 1. The molecule has 1 saturated carbocycles. The van der Waals surface area contributed by atoms with Crippen LogP contribution in [0.15, 0.2) is 16.9 Å². The van der Waals surface area contributed by atoms with Crippen molar-refractivity contribution in [3.05, 3.63) is 27.0 Å². The Morgan fingerprint density at radius 1 is 1.42 bits per heavy atom. The van der Waals surface area contributed by atoms with E-state index < -0.39 is 4.92 Å². The van der Waals surface area contributed by atoms with E-state index in [2.05, 4.69) is 40.1 Å². The summed E-state index contributed by atoms with van der Waals surface area (Å²) >= 11 is 3.35. The van der Waals surface area contributed by atoms with E-state index in [0.29, 0.717) is 22.0 Å². The predicted octanol–water partition coefficient (Wildman–Crippen LogP) is 3.99. The van der Waals surface area contributed by atoms with Crippen LogP contribution in [0.25, 0.3) is 0 Å². The average Bonchev–Trinajstić information content (AvgIpc) is 2.36. The summed E-state index contributed by atoms with van der Waals surface area (Å²) in [5, 5.41) is 14.4. The lowest BCUT2D eigenvalue weighted by molar-refractivity contribution is -0.384. The van der Waals surface area contributed by atoms with Crippen LogP contribution in [0.5, 0.6) is 0 Å². The van der Waals surface area contributed by atoms with Crippen molar-refractivity contribution in [1.82, 2.24) is 4.98 Å². The van der Waals surface area contributed by atoms with Crippen LogP contribution in [0.4, 0.5) is 11.4 Å². The molecule has 19 heavy (non-hydrogen) atoms. The summed E-state index contributed by atoms with van der Waals surface area (Å²) in [5.41, 5.74) is 0.575. The molecule has 5 nitrogen and oxygen atoms in total. The minimum Gasteiger partial charge on any atom is -0.375 e. The Kier molecular flexibility index (Phi) is 4.39. The molecule has 1 heterocycles. The van der Waals surface area contributed by atoms with Crippen LogP contribution >= 0.6 is 15.9 Å². The number of hydrogen-bond donors (Lipinski definition) is 1. The SMILES string of the molecule is CC1CCCC(Nc2c(Br)cncc2[N+](=O)[O-])C1C. The molecule has 3 unspecified atom stereocenters. The van der Waals surface area contributed by atoms with Crippen LogP contribution in [-0.4, -0.2) is 15.9 Å². The number of rotatable bonds is 3. The lowest BCUT2D eigenvalue weighted by atomic mass is 9.78. The molecule has 0 aliphatic heterocycles. The van der Waals surface area contributed by atoms with Gasteiger partial charge in [-0.05, 0) is 34.2 Å². The first kappa shape index (κ1) is 14.2. The Labute approximate surface area is 121 Å². The average molecular weight is 328 g/mol. The molecule has 1 N–H and O–H groups in total. The van der Waals surface area contributed by atoms with Gasteiger partial charge in [0.25, 0.3) is 0 Å². The maximum atomic E-state index is 11.1. The highest BCUT2D eigenvalue weighted by Gasteiger charge is 2.29. The van der Waals surface area contributed by atoms with Crippen LogP contribution < -0.4 is 5.32 Å². The standard InChI is InChI=1S/C13H18BrN3O2/c1-8-4-3-5-11(9(8)2)16-13-10(14)6-15-7-12(13)17(18)19/h6-9,11H,3-5H2,1-2H3,(H,15,16). The second kappa shape index (κ2) is 5.86. The molecule has 0 spiro atoms. The van der Waals surface area contributed by atoms with Crippen molar-refractivity contribution in [2.45, 2.75) is 39.2 Å². The van der Waals surface area contributed by atoms with E-state index >= 15 is 0 Å². The largest absolute Gasteiger partial charge is 0.375 e. The molecule has 104 valence electrons. The molecule has 2 rings (SSSR count). The number of aromatic nitrogens is 1. The summed E-state index contributed by atoms with van der Waals surface area (Å²) in [6.07, 6.45) is 6.34. The molecule has 3 atom stereocenters. The molecule has 0 radical (unpaired) electrons. The van der Waals surface area contributed by atoms with E-state index in [1.807, 2.05) is 0 Å². The number of hydrogen-bond acceptors (Lipinski definition) is 4. The van der Waals surface area contributed by atoms with Crippen LogP contribution in [-0.2, 0) is 0 Å². The van der Waals surface area contributed by atoms with Gasteiger partial charge in [-0.15, -0.1) is 0 Å². The van der Waals surface area contributed by atoms with Crippen LogP contribution in [0.3, 0.4) is 0 Å². The fourth-order valence-electron chi connectivity index (χ4n) is 2.68. The van der Waals surface area contributed by atoms with E-state index in [-0.39, 0.29) is 11.7 Å². The van der Waals surface area contributed by atoms with E-state index in [1.54, 1.807) is 6.20 Å². The quantitative estimate of drug-likeness (QED) is 0.673. The molecule has 0 bridgehead atoms. The van der Waals surface area contributed by atoms with E-state index in [0.717, 1.165) is 6.42 Å². The van der Waals surface area contributed by atoms with Gasteiger partial charge in [0, 0.05) is 12.2 Å². The molecule has 6 heteroatoms. The number of nitrogens with zero attached hydrogens (tertiary/aromatic N) is 2. The van der Waals surface area contributed by atoms with Gasteiger partial charge < -0.3 is 5.32 Å². The number of anilines is 1. The molecule has 1 fully saturated rings. The van der Waals surface area contributed by atoms with Gasteiger partial charge in [0.2, 0.25) is 0 Å². The fourth-order valence-corrected chi connectivity index (χ4v) is 3.11. The maximum Gasteiger partial charge on any atom is 0.311 e. The minimum atomic E-state index is -0.392. The van der Waals surface area contributed by atoms with Crippen LogP contribution in [0.2, 0.25) is 0 Å². The van der Waals surface area contributed by atoms with E-state index in [1.165, 1.54) is 19.0 Å². The van der Waals surface area contributed by atoms with Crippen LogP contribution in [0.1, 0.15) is 33.1 Å². The lowest BCUT2D eigenvalue weighted by Gasteiger charge is -2.35. The number of halogens is 1. The zero-order valence-corrected chi connectivity index (χ0v) is 12.7. The Morgan fingerprint density at radius 3 is 2.84 bits per heavy atom. The zero-order valence-electron chi connectivity index (χ0n) is 11.1. The van der Waals surface area contributed by atoms with Gasteiger partial charge >= 0.3 is 5.69 Å². The van der Waals surface area contributed by atoms with Gasteiger partial charge in [-0.25, -0.2) is 0 Å². The smallest absolute Gasteiger partial charge is 0.311 e. The molecule has 1 aliphatic rings. The third-order valence-corrected chi connectivity index (χ3v) is 4.71. The number of nitro groups is 1. The van der Waals surface area contributed by atoms with Crippen molar-refractivity contribution in [1.29, 1.82) is 0 Å². The van der Waals surface area contributed by atoms with E-state index in [9.17, 15) is 10.1 Å². The Bertz CT molecular complexity index is 481. The molecular weight excluding hydrogens is 310 g/mol. The third-order valence-electron chi connectivity index (χ3n) is 4.11. The summed E-state index contributed by atoms with van der Waals surface area (Å²) in [6, 6.07) is 0.279. The van der Waals surface area contributed by atoms with Gasteiger partial charge in [0.05, 0.1) is 9.40 Å². The first-order chi connectivity index (χ1) is 9.00. The highest BCUT2D eigenvalue weighted by atomic mass is 79.9. The van der Waals surface area contributed by atoms with Crippen molar-refractivity contribution >= 4 is 27.3 Å².